The van der Waals surface area contributed by atoms with Gasteiger partial charge in [0, 0.05) is 5.39 Å². The molecule has 0 aliphatic rings. The number of halogens is 1. The smallest absolute Gasteiger partial charge is 0.307 e. The zero-order valence-electron chi connectivity index (χ0n) is 14.3. The first kappa shape index (κ1) is 16.7. The number of anilines is 2. The van der Waals surface area contributed by atoms with E-state index in [-0.39, 0.29) is 11.8 Å². The molecule has 4 aromatic rings. The lowest BCUT2D eigenvalue weighted by molar-refractivity contribution is 0.262. The van der Waals surface area contributed by atoms with Crippen LogP contribution in [-0.4, -0.2) is 20.8 Å². The molecule has 7 heteroatoms. The van der Waals surface area contributed by atoms with Crippen molar-refractivity contribution >= 4 is 28.4 Å². The van der Waals surface area contributed by atoms with Crippen LogP contribution in [0.3, 0.4) is 0 Å². The van der Waals surface area contributed by atoms with Crippen LogP contribution in [0, 0.1) is 5.82 Å². The van der Waals surface area contributed by atoms with Crippen molar-refractivity contribution in [2.75, 3.05) is 10.6 Å². The summed E-state index contributed by atoms with van der Waals surface area (Å²) in [4.78, 5) is 16.4. The summed E-state index contributed by atoms with van der Waals surface area (Å²) >= 11 is 0. The van der Waals surface area contributed by atoms with Gasteiger partial charge in [0.1, 0.15) is 12.1 Å². The Morgan fingerprint density at radius 1 is 0.963 bits per heavy atom. The molecule has 0 radical (unpaired) electrons. The normalized spacial score (nSPS) is 10.7. The Morgan fingerprint density at radius 2 is 1.74 bits per heavy atom. The highest BCUT2D eigenvalue weighted by molar-refractivity contribution is 6.05. The van der Waals surface area contributed by atoms with E-state index in [9.17, 15) is 9.18 Å². The van der Waals surface area contributed by atoms with Gasteiger partial charge in [0.25, 0.3) is 0 Å². The molecule has 2 N–H and O–H groups in total. The van der Waals surface area contributed by atoms with Crippen LogP contribution in [0.1, 0.15) is 5.56 Å². The van der Waals surface area contributed by atoms with Crippen molar-refractivity contribution in [3.8, 4) is 0 Å². The molecule has 1 heterocycles. The second kappa shape index (κ2) is 7.25. The lowest BCUT2D eigenvalue weighted by atomic mass is 10.1. The first-order valence-electron chi connectivity index (χ1n) is 8.37. The van der Waals surface area contributed by atoms with E-state index in [0.717, 1.165) is 16.3 Å². The Bertz CT molecular complexity index is 1090. The molecule has 0 spiro atoms. The van der Waals surface area contributed by atoms with Gasteiger partial charge in [-0.25, -0.2) is 18.9 Å². The molecule has 1 aromatic heterocycles. The molecular formula is C20H16FN5O. The van der Waals surface area contributed by atoms with Crippen LogP contribution in [0.5, 0.6) is 0 Å². The van der Waals surface area contributed by atoms with Gasteiger partial charge >= 0.3 is 6.03 Å². The third kappa shape index (κ3) is 3.92. The summed E-state index contributed by atoms with van der Waals surface area (Å²) in [5, 5.41) is 11.6. The van der Waals surface area contributed by atoms with Gasteiger partial charge in [0.2, 0.25) is 5.95 Å². The number of aromatic nitrogens is 3. The minimum absolute atomic E-state index is 0.190. The summed E-state index contributed by atoms with van der Waals surface area (Å²) in [6, 6.07) is 19.2. The highest BCUT2D eigenvalue weighted by Crippen LogP contribution is 2.22. The number of urea groups is 1. The number of nitrogens with zero attached hydrogens (tertiary/aromatic N) is 3. The fraction of sp³-hybridized carbons (Fsp3) is 0.0500. The minimum atomic E-state index is -0.425. The van der Waals surface area contributed by atoms with Crippen molar-refractivity contribution in [3.63, 3.8) is 0 Å². The molecule has 0 bridgehead atoms. The number of rotatable bonds is 4. The molecule has 3 aromatic carbocycles. The summed E-state index contributed by atoms with van der Waals surface area (Å²) in [6.07, 6.45) is 1.51. The Labute approximate surface area is 154 Å². The van der Waals surface area contributed by atoms with Crippen molar-refractivity contribution in [1.29, 1.82) is 0 Å². The molecule has 0 fully saturated rings. The number of nitrogens with one attached hydrogen (secondary N) is 2. The molecule has 0 saturated heterocycles. The fourth-order valence-electron chi connectivity index (χ4n) is 2.79. The van der Waals surface area contributed by atoms with Crippen molar-refractivity contribution < 1.29 is 9.18 Å². The monoisotopic (exact) mass is 361 g/mol. The van der Waals surface area contributed by atoms with Crippen LogP contribution in [0.25, 0.3) is 10.8 Å². The van der Waals surface area contributed by atoms with E-state index in [1.807, 2.05) is 42.5 Å². The molecule has 0 atom stereocenters. The van der Waals surface area contributed by atoms with Crippen LogP contribution < -0.4 is 10.6 Å². The molecule has 0 saturated carbocycles. The molecular weight excluding hydrogens is 345 g/mol. The Balaban J connectivity index is 1.42. The molecule has 0 aliphatic heterocycles. The molecule has 0 aliphatic carbocycles. The maximum Gasteiger partial charge on any atom is 0.326 e. The van der Waals surface area contributed by atoms with Crippen LogP contribution in [0.2, 0.25) is 0 Å². The maximum absolute atomic E-state index is 13.0. The first-order chi connectivity index (χ1) is 13.2. The maximum atomic E-state index is 13.0. The lowest BCUT2D eigenvalue weighted by Crippen LogP contribution is -2.20. The largest absolute Gasteiger partial charge is 0.326 e. The van der Waals surface area contributed by atoms with E-state index in [2.05, 4.69) is 20.7 Å². The third-order valence-electron chi connectivity index (χ3n) is 4.06. The van der Waals surface area contributed by atoms with Crippen LogP contribution in [0.4, 0.5) is 20.8 Å². The van der Waals surface area contributed by atoms with Gasteiger partial charge in [-0.15, -0.1) is 5.10 Å². The van der Waals surface area contributed by atoms with Gasteiger partial charge in [0.15, 0.2) is 0 Å². The van der Waals surface area contributed by atoms with E-state index in [4.69, 9.17) is 0 Å². The number of amides is 2. The predicted octanol–water partition coefficient (Wildman–Crippen LogP) is 4.26. The lowest BCUT2D eigenvalue weighted by Gasteiger charge is -2.08. The van der Waals surface area contributed by atoms with Gasteiger partial charge in [-0.05, 0) is 29.1 Å². The van der Waals surface area contributed by atoms with E-state index < -0.39 is 6.03 Å². The zero-order valence-corrected chi connectivity index (χ0v) is 14.3. The predicted molar refractivity (Wildman–Crippen MR) is 102 cm³/mol. The zero-order chi connectivity index (χ0) is 18.6. The van der Waals surface area contributed by atoms with Crippen molar-refractivity contribution in [3.05, 3.63) is 84.4 Å². The van der Waals surface area contributed by atoms with Gasteiger partial charge in [-0.1, -0.05) is 48.5 Å². The molecule has 0 unspecified atom stereocenters. The summed E-state index contributed by atoms with van der Waals surface area (Å²) in [5.74, 6) is -0.0975. The number of benzene rings is 3. The average Bonchev–Trinajstić information content (AvgIpc) is 3.10. The van der Waals surface area contributed by atoms with Crippen LogP contribution in [0.15, 0.2) is 73.1 Å². The number of fused-ring (bicyclic) bond motifs is 1. The first-order valence-corrected chi connectivity index (χ1v) is 8.37. The molecule has 134 valence electrons. The van der Waals surface area contributed by atoms with E-state index in [1.54, 1.807) is 16.8 Å². The van der Waals surface area contributed by atoms with E-state index in [0.29, 0.717) is 12.2 Å². The summed E-state index contributed by atoms with van der Waals surface area (Å²) < 4.78 is 14.5. The fourth-order valence-corrected chi connectivity index (χ4v) is 2.79. The van der Waals surface area contributed by atoms with Crippen molar-refractivity contribution in [2.45, 2.75) is 6.54 Å². The minimum Gasteiger partial charge on any atom is -0.307 e. The Hall–Kier alpha value is -3.74. The van der Waals surface area contributed by atoms with Gasteiger partial charge in [0.05, 0.1) is 12.2 Å². The third-order valence-corrected chi connectivity index (χ3v) is 4.06. The van der Waals surface area contributed by atoms with Crippen molar-refractivity contribution in [2.24, 2.45) is 0 Å². The van der Waals surface area contributed by atoms with E-state index in [1.165, 1.54) is 18.5 Å². The number of carbonyl (C=O) groups excluding carboxylic acids is 1. The summed E-state index contributed by atoms with van der Waals surface area (Å²) in [7, 11) is 0. The van der Waals surface area contributed by atoms with Crippen LogP contribution >= 0.6 is 0 Å². The van der Waals surface area contributed by atoms with Crippen molar-refractivity contribution in [1.82, 2.24) is 14.8 Å². The quantitative estimate of drug-likeness (QED) is 0.570. The molecule has 2 amide bonds. The summed E-state index contributed by atoms with van der Waals surface area (Å²) in [6.45, 7) is 0.430. The topological polar surface area (TPSA) is 71.8 Å². The number of hydrogen-bond acceptors (Lipinski definition) is 3. The highest BCUT2D eigenvalue weighted by atomic mass is 19.1. The molecule has 6 nitrogen and oxygen atoms in total. The second-order valence-electron chi connectivity index (χ2n) is 6.00. The standard InChI is InChI=1S/C20H16FN5O/c21-16-10-8-14(9-11-16)12-26-13-22-19(25-26)24-20(27)23-18-7-3-5-15-4-1-2-6-17(15)18/h1-11,13H,12H2,(H2,23,24,25,27). The van der Waals surface area contributed by atoms with E-state index >= 15 is 0 Å². The highest BCUT2D eigenvalue weighted by Gasteiger charge is 2.09. The molecule has 4 rings (SSSR count). The van der Waals surface area contributed by atoms with Crippen LogP contribution in [-0.2, 0) is 6.54 Å². The van der Waals surface area contributed by atoms with Gasteiger partial charge in [-0.2, -0.15) is 0 Å². The Morgan fingerprint density at radius 3 is 2.59 bits per heavy atom. The van der Waals surface area contributed by atoms with Gasteiger partial charge in [-0.3, -0.25) is 5.32 Å². The SMILES string of the molecule is O=C(Nc1ncn(Cc2ccc(F)cc2)n1)Nc1cccc2ccccc12. The molecule has 27 heavy (non-hydrogen) atoms. The van der Waals surface area contributed by atoms with Gasteiger partial charge < -0.3 is 5.32 Å². The number of hydrogen-bond donors (Lipinski definition) is 2. The second-order valence-corrected chi connectivity index (χ2v) is 6.00. The summed E-state index contributed by atoms with van der Waals surface area (Å²) in [5.41, 5.74) is 1.59. The average molecular weight is 361 g/mol. The number of carbonyl (C=O) groups is 1. The Kier molecular flexibility index (Phi) is 4.49.